The smallest absolute Gasteiger partial charge is 0.275 e. The number of nitrogens with zero attached hydrogens (tertiary/aromatic N) is 1. The van der Waals surface area contributed by atoms with Gasteiger partial charge in [-0.05, 0) is 42.0 Å². The van der Waals surface area contributed by atoms with Crippen molar-refractivity contribution in [3.05, 3.63) is 53.6 Å². The lowest BCUT2D eigenvalue weighted by molar-refractivity contribution is 0.0952. The van der Waals surface area contributed by atoms with Gasteiger partial charge in [-0.2, -0.15) is 5.10 Å². The summed E-state index contributed by atoms with van der Waals surface area (Å²) in [6.07, 6.45) is 1.55. The monoisotopic (exact) mass is 314 g/mol. The first-order valence-electron chi connectivity index (χ1n) is 6.87. The zero-order chi connectivity index (χ0) is 16.7. The van der Waals surface area contributed by atoms with Gasteiger partial charge in [0.2, 0.25) is 0 Å². The first kappa shape index (κ1) is 16.4. The Balaban J connectivity index is 2.05. The van der Waals surface area contributed by atoms with Crippen LogP contribution in [0.3, 0.4) is 0 Å². The average molecular weight is 314 g/mol. The number of carbonyl (C=O) groups is 1. The molecule has 0 saturated heterocycles. The van der Waals surface area contributed by atoms with E-state index in [2.05, 4.69) is 10.5 Å². The van der Waals surface area contributed by atoms with Crippen molar-refractivity contribution in [1.29, 1.82) is 0 Å². The Kier molecular flexibility index (Phi) is 5.57. The second-order valence-electron chi connectivity index (χ2n) is 4.54. The fourth-order valence-electron chi connectivity index (χ4n) is 1.90. The van der Waals surface area contributed by atoms with E-state index in [-0.39, 0.29) is 5.91 Å². The predicted octanol–water partition coefficient (Wildman–Crippen LogP) is 2.48. The third-order valence-corrected chi connectivity index (χ3v) is 3.15. The van der Waals surface area contributed by atoms with E-state index in [4.69, 9.17) is 14.2 Å². The predicted molar refractivity (Wildman–Crippen MR) is 87.6 cm³/mol. The van der Waals surface area contributed by atoms with Crippen LogP contribution in [0.25, 0.3) is 0 Å². The molecule has 0 fully saturated rings. The molecular weight excluding hydrogens is 296 g/mol. The highest BCUT2D eigenvalue weighted by Gasteiger charge is 2.12. The van der Waals surface area contributed by atoms with E-state index >= 15 is 0 Å². The van der Waals surface area contributed by atoms with E-state index in [0.29, 0.717) is 17.1 Å². The number of nitrogens with one attached hydrogen (secondary N) is 1. The lowest BCUT2D eigenvalue weighted by atomic mass is 10.2. The summed E-state index contributed by atoms with van der Waals surface area (Å²) in [6.45, 7) is 0. The van der Waals surface area contributed by atoms with Crippen LogP contribution in [0, 0.1) is 0 Å². The summed E-state index contributed by atoms with van der Waals surface area (Å²) in [4.78, 5) is 12.1. The zero-order valence-electron chi connectivity index (χ0n) is 13.2. The molecule has 0 aliphatic heterocycles. The fourth-order valence-corrected chi connectivity index (χ4v) is 1.90. The van der Waals surface area contributed by atoms with Gasteiger partial charge < -0.3 is 14.2 Å². The van der Waals surface area contributed by atoms with E-state index in [1.54, 1.807) is 38.6 Å². The van der Waals surface area contributed by atoms with E-state index < -0.39 is 0 Å². The van der Waals surface area contributed by atoms with Gasteiger partial charge in [0.25, 0.3) is 5.91 Å². The molecule has 120 valence electrons. The second-order valence-corrected chi connectivity index (χ2v) is 4.54. The maximum atomic E-state index is 12.1. The number of rotatable bonds is 6. The van der Waals surface area contributed by atoms with Crippen molar-refractivity contribution in [1.82, 2.24) is 5.43 Å². The van der Waals surface area contributed by atoms with Crippen molar-refractivity contribution in [2.45, 2.75) is 0 Å². The van der Waals surface area contributed by atoms with E-state index in [9.17, 15) is 4.79 Å². The third-order valence-electron chi connectivity index (χ3n) is 3.15. The molecule has 1 N–H and O–H groups in total. The summed E-state index contributed by atoms with van der Waals surface area (Å²) < 4.78 is 15.4. The van der Waals surface area contributed by atoms with E-state index in [1.807, 2.05) is 24.3 Å². The topological polar surface area (TPSA) is 69.2 Å². The number of amides is 1. The molecular formula is C17H18N2O4. The van der Waals surface area contributed by atoms with Gasteiger partial charge in [0.1, 0.15) is 17.2 Å². The third kappa shape index (κ3) is 4.23. The molecule has 0 saturated carbocycles. The van der Waals surface area contributed by atoms with Crippen LogP contribution in [-0.2, 0) is 0 Å². The quantitative estimate of drug-likeness (QED) is 0.657. The number of hydrogen-bond acceptors (Lipinski definition) is 5. The highest BCUT2D eigenvalue weighted by Crippen LogP contribution is 2.24. The maximum Gasteiger partial charge on any atom is 0.275 e. The number of hydrazone groups is 1. The molecule has 0 radical (unpaired) electrons. The molecule has 23 heavy (non-hydrogen) atoms. The van der Waals surface area contributed by atoms with Crippen LogP contribution in [0.4, 0.5) is 0 Å². The Morgan fingerprint density at radius 3 is 2.22 bits per heavy atom. The summed E-state index contributed by atoms with van der Waals surface area (Å²) >= 11 is 0. The van der Waals surface area contributed by atoms with Crippen molar-refractivity contribution < 1.29 is 19.0 Å². The van der Waals surface area contributed by atoms with Crippen LogP contribution in [0.5, 0.6) is 17.2 Å². The van der Waals surface area contributed by atoms with Crippen LogP contribution in [0.15, 0.2) is 47.6 Å². The summed E-state index contributed by atoms with van der Waals surface area (Å²) in [5.41, 5.74) is 3.68. The van der Waals surface area contributed by atoms with Crippen molar-refractivity contribution in [2.24, 2.45) is 5.10 Å². The molecule has 0 spiro atoms. The van der Waals surface area contributed by atoms with Gasteiger partial charge >= 0.3 is 0 Å². The van der Waals surface area contributed by atoms with E-state index in [1.165, 1.54) is 7.11 Å². The standard InChI is InChI=1S/C17H18N2O4/c1-21-13-6-4-12(5-7-13)11-18-19-17(20)15-9-8-14(22-2)10-16(15)23-3/h4-11H,1-3H3,(H,19,20)/b18-11-. The number of benzene rings is 2. The van der Waals surface area contributed by atoms with Gasteiger partial charge in [0, 0.05) is 6.07 Å². The van der Waals surface area contributed by atoms with Crippen LogP contribution in [-0.4, -0.2) is 33.5 Å². The lowest BCUT2D eigenvalue weighted by Crippen LogP contribution is -2.18. The molecule has 0 aliphatic carbocycles. The molecule has 0 aromatic heterocycles. The van der Waals surface area contributed by atoms with E-state index in [0.717, 1.165) is 11.3 Å². The van der Waals surface area contributed by atoms with Crippen LogP contribution < -0.4 is 19.6 Å². The SMILES string of the molecule is COc1ccc(/C=N\NC(=O)c2ccc(OC)cc2OC)cc1. The number of hydrogen-bond donors (Lipinski definition) is 1. The Hall–Kier alpha value is -3.02. The Morgan fingerprint density at radius 2 is 1.61 bits per heavy atom. The molecule has 0 heterocycles. The molecule has 6 heteroatoms. The van der Waals surface area contributed by atoms with Crippen molar-refractivity contribution in [3.8, 4) is 17.2 Å². The molecule has 2 rings (SSSR count). The minimum absolute atomic E-state index is 0.366. The van der Waals surface area contributed by atoms with Gasteiger partial charge in [0.05, 0.1) is 33.1 Å². The van der Waals surface area contributed by atoms with Gasteiger partial charge in [-0.1, -0.05) is 0 Å². The van der Waals surface area contributed by atoms with Crippen LogP contribution in [0.2, 0.25) is 0 Å². The average Bonchev–Trinajstić information content (AvgIpc) is 2.61. The van der Waals surface area contributed by atoms with Crippen molar-refractivity contribution in [2.75, 3.05) is 21.3 Å². The van der Waals surface area contributed by atoms with Crippen LogP contribution in [0.1, 0.15) is 15.9 Å². The highest BCUT2D eigenvalue weighted by atomic mass is 16.5. The number of ether oxygens (including phenoxy) is 3. The summed E-state index contributed by atoms with van der Waals surface area (Å²) in [7, 11) is 4.64. The zero-order valence-corrected chi connectivity index (χ0v) is 13.2. The summed E-state index contributed by atoms with van der Waals surface area (Å²) in [5, 5.41) is 3.94. The van der Waals surface area contributed by atoms with Gasteiger partial charge in [-0.15, -0.1) is 0 Å². The molecule has 0 atom stereocenters. The molecule has 2 aromatic carbocycles. The van der Waals surface area contributed by atoms with Gasteiger partial charge in [-0.3, -0.25) is 4.79 Å². The maximum absolute atomic E-state index is 12.1. The fraction of sp³-hybridized carbons (Fsp3) is 0.176. The first-order valence-corrected chi connectivity index (χ1v) is 6.87. The first-order chi connectivity index (χ1) is 11.2. The molecule has 0 aliphatic rings. The Bertz CT molecular complexity index is 696. The molecule has 2 aromatic rings. The molecule has 6 nitrogen and oxygen atoms in total. The molecule has 0 bridgehead atoms. The molecule has 0 unspecified atom stereocenters. The summed E-state index contributed by atoms with van der Waals surface area (Å²) in [5.74, 6) is 1.42. The largest absolute Gasteiger partial charge is 0.497 e. The Labute approximate surface area is 134 Å². The number of carbonyl (C=O) groups excluding carboxylic acids is 1. The Morgan fingerprint density at radius 1 is 0.957 bits per heavy atom. The van der Waals surface area contributed by atoms with Crippen molar-refractivity contribution >= 4 is 12.1 Å². The minimum Gasteiger partial charge on any atom is -0.497 e. The lowest BCUT2D eigenvalue weighted by Gasteiger charge is -2.08. The van der Waals surface area contributed by atoms with Gasteiger partial charge in [-0.25, -0.2) is 5.43 Å². The number of methoxy groups -OCH3 is 3. The summed E-state index contributed by atoms with van der Waals surface area (Å²) in [6, 6.07) is 12.2. The van der Waals surface area contributed by atoms with Crippen molar-refractivity contribution in [3.63, 3.8) is 0 Å². The van der Waals surface area contributed by atoms with Gasteiger partial charge in [0.15, 0.2) is 0 Å². The molecule has 1 amide bonds. The second kappa shape index (κ2) is 7.84. The highest BCUT2D eigenvalue weighted by molar-refractivity contribution is 5.97. The van der Waals surface area contributed by atoms with Crippen LogP contribution >= 0.6 is 0 Å². The normalized spacial score (nSPS) is 10.4. The minimum atomic E-state index is -0.366.